The maximum absolute atomic E-state index is 12.1. The summed E-state index contributed by atoms with van der Waals surface area (Å²) in [5, 5.41) is 0. The van der Waals surface area contributed by atoms with Crippen molar-refractivity contribution in [2.24, 2.45) is 4.40 Å². The molecule has 0 amide bonds. The van der Waals surface area contributed by atoms with Crippen LogP contribution in [0.15, 0.2) is 57.4 Å². The van der Waals surface area contributed by atoms with Crippen LogP contribution in [0.1, 0.15) is 12.5 Å². The highest BCUT2D eigenvalue weighted by molar-refractivity contribution is 7.90. The Morgan fingerprint density at radius 3 is 2.21 bits per heavy atom. The van der Waals surface area contributed by atoms with E-state index in [2.05, 4.69) is 4.40 Å². The number of allylic oxidation sites excluding steroid dienone is 4. The van der Waals surface area contributed by atoms with E-state index in [9.17, 15) is 13.2 Å². The number of rotatable bonds is 2. The minimum Gasteiger partial charge on any atom is -0.290 e. The molecule has 0 saturated heterocycles. The van der Waals surface area contributed by atoms with E-state index in [1.165, 1.54) is 30.4 Å². The molecule has 0 aliphatic heterocycles. The minimum atomic E-state index is -3.74. The first kappa shape index (κ1) is 13.4. The standard InChI is InChI=1S/C14H13NO3S/c1-10-3-6-13(7-4-10)19(17,18)15-12-5-8-14(16)11(2)9-12/h3-9H,1-2H3/b15-12+. The molecule has 4 nitrogen and oxygen atoms in total. The van der Waals surface area contributed by atoms with Crippen molar-refractivity contribution >= 4 is 21.5 Å². The molecular formula is C14H13NO3S. The normalized spacial score (nSPS) is 17.7. The second-order valence-electron chi connectivity index (χ2n) is 4.33. The fraction of sp³-hybridized carbons (Fsp3) is 0.143. The van der Waals surface area contributed by atoms with Crippen LogP contribution in [0.2, 0.25) is 0 Å². The Morgan fingerprint density at radius 1 is 1.00 bits per heavy atom. The number of hydrogen-bond acceptors (Lipinski definition) is 3. The van der Waals surface area contributed by atoms with E-state index in [-0.39, 0.29) is 16.4 Å². The molecule has 0 bridgehead atoms. The van der Waals surface area contributed by atoms with Gasteiger partial charge in [0.25, 0.3) is 10.0 Å². The number of hydrogen-bond donors (Lipinski definition) is 0. The van der Waals surface area contributed by atoms with E-state index in [0.717, 1.165) is 5.56 Å². The summed E-state index contributed by atoms with van der Waals surface area (Å²) in [5.41, 5.74) is 1.71. The molecule has 0 N–H and O–H groups in total. The molecule has 98 valence electrons. The average molecular weight is 275 g/mol. The molecule has 0 saturated carbocycles. The topological polar surface area (TPSA) is 63.6 Å². The van der Waals surface area contributed by atoms with Gasteiger partial charge in [-0.3, -0.25) is 4.79 Å². The van der Waals surface area contributed by atoms with Gasteiger partial charge in [-0.2, -0.15) is 12.8 Å². The molecule has 5 heteroatoms. The average Bonchev–Trinajstić information content (AvgIpc) is 2.34. The Morgan fingerprint density at radius 2 is 1.63 bits per heavy atom. The number of nitrogens with zero attached hydrogens (tertiary/aromatic N) is 1. The third kappa shape index (κ3) is 3.06. The van der Waals surface area contributed by atoms with Gasteiger partial charge in [0, 0.05) is 0 Å². The van der Waals surface area contributed by atoms with Gasteiger partial charge >= 0.3 is 0 Å². The lowest BCUT2D eigenvalue weighted by molar-refractivity contribution is -0.111. The van der Waals surface area contributed by atoms with Crippen LogP contribution < -0.4 is 0 Å². The fourth-order valence-electron chi connectivity index (χ4n) is 1.59. The van der Waals surface area contributed by atoms with Gasteiger partial charge < -0.3 is 0 Å². The number of carbonyl (C=O) groups is 1. The van der Waals surface area contributed by atoms with Gasteiger partial charge in [0.15, 0.2) is 5.78 Å². The molecule has 1 aliphatic rings. The van der Waals surface area contributed by atoms with Crippen molar-refractivity contribution in [2.45, 2.75) is 18.7 Å². The van der Waals surface area contributed by atoms with Crippen LogP contribution in [0.4, 0.5) is 0 Å². The van der Waals surface area contributed by atoms with Crippen molar-refractivity contribution in [3.05, 3.63) is 53.6 Å². The largest absolute Gasteiger partial charge is 0.290 e. The highest BCUT2D eigenvalue weighted by Gasteiger charge is 2.15. The van der Waals surface area contributed by atoms with Crippen LogP contribution in [-0.4, -0.2) is 19.9 Å². The molecule has 2 rings (SSSR count). The van der Waals surface area contributed by atoms with Gasteiger partial charge in [-0.05, 0) is 49.8 Å². The first-order chi connectivity index (χ1) is 8.88. The highest BCUT2D eigenvalue weighted by Crippen LogP contribution is 2.15. The zero-order valence-electron chi connectivity index (χ0n) is 10.6. The number of aryl methyl sites for hydroxylation is 1. The van der Waals surface area contributed by atoms with Gasteiger partial charge in [-0.25, -0.2) is 0 Å². The second-order valence-corrected chi connectivity index (χ2v) is 5.93. The van der Waals surface area contributed by atoms with Crippen molar-refractivity contribution in [3.8, 4) is 0 Å². The van der Waals surface area contributed by atoms with Crippen LogP contribution in [0, 0.1) is 6.92 Å². The van der Waals surface area contributed by atoms with E-state index in [1.807, 2.05) is 6.92 Å². The maximum atomic E-state index is 12.1. The van der Waals surface area contributed by atoms with E-state index >= 15 is 0 Å². The Bertz CT molecular complexity index is 708. The Hall–Kier alpha value is -2.01. The smallest absolute Gasteiger partial charge is 0.282 e. The van der Waals surface area contributed by atoms with Crippen molar-refractivity contribution < 1.29 is 13.2 Å². The summed E-state index contributed by atoms with van der Waals surface area (Å²) in [6.07, 6.45) is 4.19. The predicted octanol–water partition coefficient (Wildman–Crippen LogP) is 2.21. The van der Waals surface area contributed by atoms with Crippen molar-refractivity contribution in [2.75, 3.05) is 0 Å². The second kappa shape index (κ2) is 4.93. The Labute approximate surface area is 112 Å². The highest BCUT2D eigenvalue weighted by atomic mass is 32.2. The number of benzene rings is 1. The molecule has 1 aromatic carbocycles. The lowest BCUT2D eigenvalue weighted by atomic mass is 10.1. The van der Waals surface area contributed by atoms with Crippen LogP contribution in [-0.2, 0) is 14.8 Å². The van der Waals surface area contributed by atoms with Crippen LogP contribution in [0.3, 0.4) is 0 Å². The molecule has 19 heavy (non-hydrogen) atoms. The summed E-state index contributed by atoms with van der Waals surface area (Å²) >= 11 is 0. The van der Waals surface area contributed by atoms with E-state index in [4.69, 9.17) is 0 Å². The van der Waals surface area contributed by atoms with E-state index in [0.29, 0.717) is 5.57 Å². The molecule has 0 heterocycles. The van der Waals surface area contributed by atoms with Crippen LogP contribution >= 0.6 is 0 Å². The maximum Gasteiger partial charge on any atom is 0.282 e. The summed E-state index contributed by atoms with van der Waals surface area (Å²) < 4.78 is 27.9. The van der Waals surface area contributed by atoms with Gasteiger partial charge in [0.1, 0.15) is 0 Å². The molecule has 0 unspecified atom stereocenters. The summed E-state index contributed by atoms with van der Waals surface area (Å²) in [6.45, 7) is 3.50. The third-order valence-electron chi connectivity index (χ3n) is 2.70. The third-order valence-corrected chi connectivity index (χ3v) is 4.02. The van der Waals surface area contributed by atoms with E-state index in [1.54, 1.807) is 19.1 Å². The molecule has 0 spiro atoms. The summed E-state index contributed by atoms with van der Waals surface area (Å²) in [6, 6.07) is 6.47. The van der Waals surface area contributed by atoms with Crippen molar-refractivity contribution in [3.63, 3.8) is 0 Å². The Balaban J connectivity index is 2.40. The number of sulfonamides is 1. The SMILES string of the molecule is CC1=C/C(=N/S(=O)(=O)c2ccc(C)cc2)C=CC1=O. The van der Waals surface area contributed by atoms with Crippen LogP contribution in [0.5, 0.6) is 0 Å². The quantitative estimate of drug-likeness (QED) is 0.777. The summed E-state index contributed by atoms with van der Waals surface area (Å²) in [5.74, 6) is -0.133. The Kier molecular flexibility index (Phi) is 3.48. The molecule has 0 radical (unpaired) electrons. The molecule has 0 fully saturated rings. The molecule has 1 aromatic rings. The van der Waals surface area contributed by atoms with Crippen LogP contribution in [0.25, 0.3) is 0 Å². The lowest BCUT2D eigenvalue weighted by Crippen LogP contribution is -2.08. The van der Waals surface area contributed by atoms with Gasteiger partial charge in [0.2, 0.25) is 0 Å². The van der Waals surface area contributed by atoms with Gasteiger partial charge in [-0.1, -0.05) is 17.7 Å². The molecule has 1 aliphatic carbocycles. The van der Waals surface area contributed by atoms with Gasteiger partial charge in [-0.15, -0.1) is 0 Å². The predicted molar refractivity (Wildman–Crippen MR) is 73.7 cm³/mol. The number of ketones is 1. The zero-order chi connectivity index (χ0) is 14.0. The summed E-state index contributed by atoms with van der Waals surface area (Å²) in [7, 11) is -3.74. The fourth-order valence-corrected chi connectivity index (χ4v) is 2.57. The monoisotopic (exact) mass is 275 g/mol. The molecule has 0 atom stereocenters. The molecule has 0 aromatic heterocycles. The zero-order valence-corrected chi connectivity index (χ0v) is 11.4. The van der Waals surface area contributed by atoms with Crippen molar-refractivity contribution in [1.29, 1.82) is 0 Å². The van der Waals surface area contributed by atoms with Gasteiger partial charge in [0.05, 0.1) is 10.6 Å². The van der Waals surface area contributed by atoms with E-state index < -0.39 is 10.0 Å². The first-order valence-corrected chi connectivity index (χ1v) is 7.15. The number of carbonyl (C=O) groups excluding carboxylic acids is 1. The first-order valence-electron chi connectivity index (χ1n) is 5.71. The minimum absolute atomic E-state index is 0.133. The summed E-state index contributed by atoms with van der Waals surface area (Å²) in [4.78, 5) is 11.4. The lowest BCUT2D eigenvalue weighted by Gasteiger charge is -2.04. The molecular weight excluding hydrogens is 262 g/mol. The van der Waals surface area contributed by atoms with Crippen molar-refractivity contribution in [1.82, 2.24) is 0 Å².